The molecule has 0 aliphatic heterocycles. The number of pyridine rings is 1. The Morgan fingerprint density at radius 3 is 2.56 bits per heavy atom. The largest absolute Gasteiger partial charge is 0.366 e. The number of nitrogens with zero attached hydrogens (tertiary/aromatic N) is 1. The van der Waals surface area contributed by atoms with Gasteiger partial charge in [0.15, 0.2) is 0 Å². The second kappa shape index (κ2) is 4.33. The highest BCUT2D eigenvalue weighted by Crippen LogP contribution is 2.23. The second-order valence-electron chi connectivity index (χ2n) is 3.28. The monoisotopic (exact) mass is 232 g/mol. The third-order valence-electron chi connectivity index (χ3n) is 2.23. The molecule has 4 heteroatoms. The minimum absolute atomic E-state index is 0.417. The van der Waals surface area contributed by atoms with Crippen molar-refractivity contribution in [1.82, 2.24) is 4.98 Å². The number of aromatic nitrogens is 1. The van der Waals surface area contributed by atoms with E-state index in [1.165, 1.54) is 0 Å². The van der Waals surface area contributed by atoms with Crippen LogP contribution in [0.1, 0.15) is 10.4 Å². The van der Waals surface area contributed by atoms with Gasteiger partial charge in [-0.05, 0) is 23.8 Å². The molecule has 0 radical (unpaired) electrons. The van der Waals surface area contributed by atoms with Gasteiger partial charge in [0, 0.05) is 17.3 Å². The molecule has 0 fully saturated rings. The summed E-state index contributed by atoms with van der Waals surface area (Å²) in [6, 6.07) is 10.6. The predicted octanol–water partition coefficient (Wildman–Crippen LogP) is 2.50. The molecule has 0 aliphatic carbocycles. The Morgan fingerprint density at radius 2 is 1.94 bits per heavy atom. The molecule has 1 aromatic heterocycles. The summed E-state index contributed by atoms with van der Waals surface area (Å²) < 4.78 is 0. The maximum absolute atomic E-state index is 11.2. The van der Waals surface area contributed by atoms with Crippen LogP contribution in [0.25, 0.3) is 11.1 Å². The first-order chi connectivity index (χ1) is 7.68. The third-order valence-corrected chi connectivity index (χ3v) is 2.45. The Kier molecular flexibility index (Phi) is 2.88. The predicted molar refractivity (Wildman–Crippen MR) is 63.2 cm³/mol. The lowest BCUT2D eigenvalue weighted by Crippen LogP contribution is -2.12. The van der Waals surface area contributed by atoms with Crippen LogP contribution in [0.2, 0.25) is 5.15 Å². The highest BCUT2D eigenvalue weighted by molar-refractivity contribution is 6.29. The van der Waals surface area contributed by atoms with Crippen molar-refractivity contribution in [2.75, 3.05) is 0 Å². The van der Waals surface area contributed by atoms with Gasteiger partial charge >= 0.3 is 0 Å². The fourth-order valence-corrected chi connectivity index (χ4v) is 1.60. The number of halogens is 1. The van der Waals surface area contributed by atoms with Gasteiger partial charge in [-0.3, -0.25) is 4.79 Å². The number of primary amides is 1. The van der Waals surface area contributed by atoms with Crippen molar-refractivity contribution in [3.63, 3.8) is 0 Å². The van der Waals surface area contributed by atoms with E-state index in [1.54, 1.807) is 30.5 Å². The molecule has 1 amide bonds. The van der Waals surface area contributed by atoms with Crippen LogP contribution < -0.4 is 5.73 Å². The maximum atomic E-state index is 11.2. The van der Waals surface area contributed by atoms with E-state index in [4.69, 9.17) is 17.3 Å². The number of hydrogen-bond acceptors (Lipinski definition) is 2. The summed E-state index contributed by atoms with van der Waals surface area (Å²) in [6.45, 7) is 0. The van der Waals surface area contributed by atoms with Crippen molar-refractivity contribution in [1.29, 1.82) is 0 Å². The van der Waals surface area contributed by atoms with Crippen LogP contribution in [0.4, 0.5) is 0 Å². The summed E-state index contributed by atoms with van der Waals surface area (Å²) in [7, 11) is 0. The van der Waals surface area contributed by atoms with Crippen LogP contribution in [0, 0.1) is 0 Å². The first-order valence-electron chi connectivity index (χ1n) is 4.69. The average Bonchev–Trinajstić information content (AvgIpc) is 2.30. The SMILES string of the molecule is NC(=O)c1ccccc1-c1ccc(Cl)nc1. The first-order valence-corrected chi connectivity index (χ1v) is 5.07. The van der Waals surface area contributed by atoms with Gasteiger partial charge in [0.25, 0.3) is 0 Å². The molecule has 80 valence electrons. The lowest BCUT2D eigenvalue weighted by atomic mass is 10.0. The van der Waals surface area contributed by atoms with Crippen LogP contribution in [-0.4, -0.2) is 10.9 Å². The number of carbonyl (C=O) groups excluding carboxylic acids is 1. The van der Waals surface area contributed by atoms with Gasteiger partial charge in [-0.15, -0.1) is 0 Å². The molecule has 0 atom stereocenters. The highest BCUT2D eigenvalue weighted by Gasteiger charge is 2.08. The fourth-order valence-electron chi connectivity index (χ4n) is 1.48. The summed E-state index contributed by atoms with van der Waals surface area (Å²) in [5, 5.41) is 0.417. The van der Waals surface area contributed by atoms with E-state index >= 15 is 0 Å². The maximum Gasteiger partial charge on any atom is 0.249 e. The lowest BCUT2D eigenvalue weighted by molar-refractivity contribution is 0.100. The Bertz CT molecular complexity index is 523. The lowest BCUT2D eigenvalue weighted by Gasteiger charge is -2.05. The molecule has 0 saturated heterocycles. The van der Waals surface area contributed by atoms with Gasteiger partial charge in [-0.1, -0.05) is 29.8 Å². The van der Waals surface area contributed by atoms with Crippen molar-refractivity contribution < 1.29 is 4.79 Å². The number of rotatable bonds is 2. The van der Waals surface area contributed by atoms with Crippen molar-refractivity contribution in [3.8, 4) is 11.1 Å². The van der Waals surface area contributed by atoms with Crippen molar-refractivity contribution in [3.05, 3.63) is 53.3 Å². The first kappa shape index (κ1) is 10.6. The van der Waals surface area contributed by atoms with Gasteiger partial charge in [0.1, 0.15) is 5.15 Å². The van der Waals surface area contributed by atoms with E-state index in [1.807, 2.05) is 12.1 Å². The minimum atomic E-state index is -0.453. The summed E-state index contributed by atoms with van der Waals surface area (Å²) in [5.74, 6) is -0.453. The Morgan fingerprint density at radius 1 is 1.19 bits per heavy atom. The molecule has 1 aromatic carbocycles. The quantitative estimate of drug-likeness (QED) is 0.809. The molecule has 3 nitrogen and oxygen atoms in total. The molecule has 2 rings (SSSR count). The van der Waals surface area contributed by atoms with E-state index in [9.17, 15) is 4.79 Å². The van der Waals surface area contributed by atoms with E-state index < -0.39 is 5.91 Å². The highest BCUT2D eigenvalue weighted by atomic mass is 35.5. The molecule has 2 N–H and O–H groups in total. The van der Waals surface area contributed by atoms with Crippen molar-refractivity contribution >= 4 is 17.5 Å². The number of nitrogens with two attached hydrogens (primary N) is 1. The van der Waals surface area contributed by atoms with Gasteiger partial charge < -0.3 is 5.73 Å². The van der Waals surface area contributed by atoms with Crippen LogP contribution in [0.3, 0.4) is 0 Å². The van der Waals surface area contributed by atoms with Crippen LogP contribution in [-0.2, 0) is 0 Å². The van der Waals surface area contributed by atoms with E-state index in [0.29, 0.717) is 10.7 Å². The topological polar surface area (TPSA) is 56.0 Å². The standard InChI is InChI=1S/C12H9ClN2O/c13-11-6-5-8(7-15-11)9-3-1-2-4-10(9)12(14)16/h1-7H,(H2,14,16). The molecule has 0 unspecified atom stereocenters. The number of carbonyl (C=O) groups is 1. The van der Waals surface area contributed by atoms with Gasteiger partial charge in [-0.25, -0.2) is 4.98 Å². The molecule has 16 heavy (non-hydrogen) atoms. The average molecular weight is 233 g/mol. The summed E-state index contributed by atoms with van der Waals surface area (Å²) in [4.78, 5) is 15.2. The second-order valence-corrected chi connectivity index (χ2v) is 3.67. The zero-order valence-corrected chi connectivity index (χ0v) is 9.11. The van der Waals surface area contributed by atoms with Crippen molar-refractivity contribution in [2.45, 2.75) is 0 Å². The molecular weight excluding hydrogens is 224 g/mol. The molecule has 2 aromatic rings. The van der Waals surface area contributed by atoms with E-state index in [2.05, 4.69) is 4.98 Å². The van der Waals surface area contributed by atoms with Crippen molar-refractivity contribution in [2.24, 2.45) is 5.73 Å². The Labute approximate surface area is 97.9 Å². The zero-order valence-electron chi connectivity index (χ0n) is 8.35. The third kappa shape index (κ3) is 2.04. The summed E-state index contributed by atoms with van der Waals surface area (Å²) in [6.07, 6.45) is 1.62. The van der Waals surface area contributed by atoms with Gasteiger partial charge in [0.05, 0.1) is 0 Å². The molecule has 0 saturated carbocycles. The van der Waals surface area contributed by atoms with Crippen LogP contribution >= 0.6 is 11.6 Å². The molecule has 0 spiro atoms. The van der Waals surface area contributed by atoms with E-state index in [-0.39, 0.29) is 0 Å². The molecule has 0 bridgehead atoms. The smallest absolute Gasteiger partial charge is 0.249 e. The summed E-state index contributed by atoms with van der Waals surface area (Å²) >= 11 is 5.70. The number of benzene rings is 1. The molecule has 1 heterocycles. The Hall–Kier alpha value is -1.87. The zero-order chi connectivity index (χ0) is 11.5. The molecular formula is C12H9ClN2O. The van der Waals surface area contributed by atoms with Crippen LogP contribution in [0.5, 0.6) is 0 Å². The van der Waals surface area contributed by atoms with Gasteiger partial charge in [0.2, 0.25) is 5.91 Å². The molecule has 0 aliphatic rings. The Balaban J connectivity index is 2.55. The summed E-state index contributed by atoms with van der Waals surface area (Å²) in [5.41, 5.74) is 7.36. The van der Waals surface area contributed by atoms with Crippen LogP contribution in [0.15, 0.2) is 42.6 Å². The van der Waals surface area contributed by atoms with E-state index in [0.717, 1.165) is 11.1 Å². The van der Waals surface area contributed by atoms with Gasteiger partial charge in [-0.2, -0.15) is 0 Å². The number of amides is 1. The minimum Gasteiger partial charge on any atom is -0.366 e. The normalized spacial score (nSPS) is 10.1. The number of hydrogen-bond donors (Lipinski definition) is 1. The fraction of sp³-hybridized carbons (Fsp3) is 0.